The maximum atomic E-state index is 12.0. The van der Waals surface area contributed by atoms with Gasteiger partial charge in [0.2, 0.25) is 0 Å². The summed E-state index contributed by atoms with van der Waals surface area (Å²) < 4.78 is 6.30. The van der Waals surface area contributed by atoms with Crippen molar-refractivity contribution in [1.82, 2.24) is 9.47 Å². The lowest BCUT2D eigenvalue weighted by atomic mass is 10.2. The average molecular weight is 309 g/mol. The standard InChI is InChI=1S/C14H19N3O5/c1-15-9-11(17(20)21)8-12(15)14(19)22-10-13(18)16-6-4-2-3-5-7-16/h8-9H,2-7,10H2,1H3. The number of carbonyl (C=O) groups is 2. The molecule has 1 saturated heterocycles. The van der Waals surface area contributed by atoms with E-state index in [2.05, 4.69) is 0 Å². The molecule has 2 rings (SSSR count). The van der Waals surface area contributed by atoms with E-state index < -0.39 is 10.9 Å². The van der Waals surface area contributed by atoms with Crippen LogP contribution in [0, 0.1) is 10.1 Å². The quantitative estimate of drug-likeness (QED) is 0.477. The molecule has 0 radical (unpaired) electrons. The van der Waals surface area contributed by atoms with E-state index in [1.165, 1.54) is 17.8 Å². The molecule has 0 aliphatic carbocycles. The molecular formula is C14H19N3O5. The molecule has 0 saturated carbocycles. The third-order valence-corrected chi connectivity index (χ3v) is 3.70. The van der Waals surface area contributed by atoms with Crippen molar-refractivity contribution in [3.8, 4) is 0 Å². The van der Waals surface area contributed by atoms with Gasteiger partial charge >= 0.3 is 5.97 Å². The molecule has 1 aliphatic heterocycles. The van der Waals surface area contributed by atoms with Gasteiger partial charge in [0.15, 0.2) is 6.61 Å². The third-order valence-electron chi connectivity index (χ3n) is 3.70. The van der Waals surface area contributed by atoms with Crippen LogP contribution in [0.25, 0.3) is 0 Å². The fourth-order valence-electron chi connectivity index (χ4n) is 2.46. The number of nitro groups is 1. The molecule has 0 bridgehead atoms. The fraction of sp³-hybridized carbons (Fsp3) is 0.571. The zero-order valence-electron chi connectivity index (χ0n) is 12.5. The first kappa shape index (κ1) is 16.0. The Labute approximate surface area is 127 Å². The Morgan fingerprint density at radius 3 is 2.45 bits per heavy atom. The lowest BCUT2D eigenvalue weighted by Gasteiger charge is -2.19. The molecule has 22 heavy (non-hydrogen) atoms. The molecule has 1 fully saturated rings. The summed E-state index contributed by atoms with van der Waals surface area (Å²) in [6.07, 6.45) is 5.37. The summed E-state index contributed by atoms with van der Waals surface area (Å²) in [4.78, 5) is 35.7. The van der Waals surface area contributed by atoms with E-state index in [1.54, 1.807) is 4.90 Å². The van der Waals surface area contributed by atoms with Gasteiger partial charge in [0.25, 0.3) is 11.6 Å². The molecule has 0 spiro atoms. The molecule has 1 aliphatic rings. The van der Waals surface area contributed by atoms with E-state index in [0.717, 1.165) is 31.7 Å². The minimum atomic E-state index is -0.737. The van der Waals surface area contributed by atoms with Gasteiger partial charge in [0, 0.05) is 26.2 Å². The summed E-state index contributed by atoms with van der Waals surface area (Å²) in [5.74, 6) is -0.960. The van der Waals surface area contributed by atoms with Crippen LogP contribution in [0.2, 0.25) is 0 Å². The summed E-state index contributed by atoms with van der Waals surface area (Å²) in [6.45, 7) is 1.04. The van der Waals surface area contributed by atoms with Crippen LogP contribution < -0.4 is 0 Å². The van der Waals surface area contributed by atoms with Gasteiger partial charge in [-0.15, -0.1) is 0 Å². The molecule has 1 aromatic heterocycles. The van der Waals surface area contributed by atoms with Crippen molar-refractivity contribution < 1.29 is 19.2 Å². The Morgan fingerprint density at radius 2 is 1.91 bits per heavy atom. The molecule has 0 N–H and O–H groups in total. The first-order valence-corrected chi connectivity index (χ1v) is 7.24. The Morgan fingerprint density at radius 1 is 1.27 bits per heavy atom. The molecule has 8 nitrogen and oxygen atoms in total. The largest absolute Gasteiger partial charge is 0.451 e. The third kappa shape index (κ3) is 3.84. The zero-order valence-corrected chi connectivity index (χ0v) is 12.5. The number of carbonyl (C=O) groups excluding carboxylic acids is 2. The van der Waals surface area contributed by atoms with Crippen LogP contribution in [0.5, 0.6) is 0 Å². The molecule has 8 heteroatoms. The van der Waals surface area contributed by atoms with Crippen LogP contribution in [0.15, 0.2) is 12.3 Å². The molecule has 1 amide bonds. The number of amides is 1. The van der Waals surface area contributed by atoms with E-state index in [0.29, 0.717) is 13.1 Å². The molecule has 0 atom stereocenters. The predicted octanol–water partition coefficient (Wildman–Crippen LogP) is 1.49. The number of aryl methyl sites for hydroxylation is 1. The Balaban J connectivity index is 1.91. The SMILES string of the molecule is Cn1cc([N+](=O)[O-])cc1C(=O)OCC(=O)N1CCCCCC1. The van der Waals surface area contributed by atoms with E-state index in [4.69, 9.17) is 4.74 Å². The number of rotatable bonds is 4. The first-order valence-electron chi connectivity index (χ1n) is 7.24. The molecular weight excluding hydrogens is 290 g/mol. The molecule has 1 aromatic rings. The van der Waals surface area contributed by atoms with E-state index in [1.807, 2.05) is 0 Å². The second kappa shape index (κ2) is 7.06. The summed E-state index contributed by atoms with van der Waals surface area (Å²) >= 11 is 0. The number of nitrogens with zero attached hydrogens (tertiary/aromatic N) is 3. The summed E-state index contributed by atoms with van der Waals surface area (Å²) in [5, 5.41) is 10.7. The van der Waals surface area contributed by atoms with Gasteiger partial charge in [-0.2, -0.15) is 0 Å². The van der Waals surface area contributed by atoms with Crippen molar-refractivity contribution in [2.75, 3.05) is 19.7 Å². The van der Waals surface area contributed by atoms with Crippen molar-refractivity contribution in [1.29, 1.82) is 0 Å². The highest BCUT2D eigenvalue weighted by Gasteiger charge is 2.21. The summed E-state index contributed by atoms with van der Waals surface area (Å²) in [6, 6.07) is 1.14. The van der Waals surface area contributed by atoms with Crippen molar-refractivity contribution in [3.63, 3.8) is 0 Å². The maximum absolute atomic E-state index is 12.0. The molecule has 0 aromatic carbocycles. The van der Waals surface area contributed by atoms with Gasteiger partial charge in [-0.05, 0) is 12.8 Å². The van der Waals surface area contributed by atoms with E-state index in [9.17, 15) is 19.7 Å². The number of hydrogen-bond donors (Lipinski definition) is 0. The van der Waals surface area contributed by atoms with Gasteiger partial charge in [0.1, 0.15) is 5.69 Å². The van der Waals surface area contributed by atoms with Crippen LogP contribution in [0.1, 0.15) is 36.2 Å². The summed E-state index contributed by atoms with van der Waals surface area (Å²) in [7, 11) is 1.51. The zero-order chi connectivity index (χ0) is 16.1. The fourth-order valence-corrected chi connectivity index (χ4v) is 2.46. The summed E-state index contributed by atoms with van der Waals surface area (Å²) in [5.41, 5.74) is -0.135. The number of hydrogen-bond acceptors (Lipinski definition) is 5. The maximum Gasteiger partial charge on any atom is 0.355 e. The molecule has 120 valence electrons. The lowest BCUT2D eigenvalue weighted by molar-refractivity contribution is -0.384. The van der Waals surface area contributed by atoms with Gasteiger partial charge in [-0.1, -0.05) is 12.8 Å². The van der Waals surface area contributed by atoms with Gasteiger partial charge in [-0.25, -0.2) is 4.79 Å². The second-order valence-corrected chi connectivity index (χ2v) is 5.32. The van der Waals surface area contributed by atoms with Crippen molar-refractivity contribution in [2.24, 2.45) is 7.05 Å². The molecule has 2 heterocycles. The monoisotopic (exact) mass is 309 g/mol. The van der Waals surface area contributed by atoms with Crippen LogP contribution in [-0.4, -0.2) is 46.0 Å². The number of esters is 1. The van der Waals surface area contributed by atoms with Crippen LogP contribution >= 0.6 is 0 Å². The number of ether oxygens (including phenoxy) is 1. The van der Waals surface area contributed by atoms with Crippen molar-refractivity contribution >= 4 is 17.6 Å². The van der Waals surface area contributed by atoms with Crippen LogP contribution in [0.3, 0.4) is 0 Å². The van der Waals surface area contributed by atoms with Crippen LogP contribution in [-0.2, 0) is 16.6 Å². The normalized spacial score (nSPS) is 15.2. The second-order valence-electron chi connectivity index (χ2n) is 5.32. The minimum Gasteiger partial charge on any atom is -0.451 e. The molecule has 0 unspecified atom stereocenters. The number of aromatic nitrogens is 1. The van der Waals surface area contributed by atoms with Crippen molar-refractivity contribution in [2.45, 2.75) is 25.7 Å². The van der Waals surface area contributed by atoms with Crippen molar-refractivity contribution in [3.05, 3.63) is 28.1 Å². The average Bonchev–Trinajstić information content (AvgIpc) is 2.71. The van der Waals surface area contributed by atoms with Gasteiger partial charge in [0.05, 0.1) is 11.1 Å². The highest BCUT2D eigenvalue weighted by atomic mass is 16.6. The highest BCUT2D eigenvalue weighted by Crippen LogP contribution is 2.16. The Bertz CT molecular complexity index is 573. The van der Waals surface area contributed by atoms with Gasteiger partial charge < -0.3 is 14.2 Å². The predicted molar refractivity (Wildman–Crippen MR) is 77.4 cm³/mol. The first-order chi connectivity index (χ1) is 10.5. The number of likely N-dealkylation sites (tertiary alicyclic amines) is 1. The van der Waals surface area contributed by atoms with E-state index in [-0.39, 0.29) is 23.9 Å². The Kier molecular flexibility index (Phi) is 5.13. The minimum absolute atomic E-state index is 0.0513. The Hall–Kier alpha value is -2.38. The van der Waals surface area contributed by atoms with Crippen LogP contribution in [0.4, 0.5) is 5.69 Å². The topological polar surface area (TPSA) is 94.7 Å². The highest BCUT2D eigenvalue weighted by molar-refractivity contribution is 5.90. The van der Waals surface area contributed by atoms with Gasteiger partial charge in [-0.3, -0.25) is 14.9 Å². The smallest absolute Gasteiger partial charge is 0.355 e. The van der Waals surface area contributed by atoms with E-state index >= 15 is 0 Å². The lowest BCUT2D eigenvalue weighted by Crippen LogP contribution is -2.35.